The average molecular weight is 383 g/mol. The molecular formula is C20H21N3O3S. The Bertz CT molecular complexity index is 1140. The van der Waals surface area contributed by atoms with Crippen LogP contribution in [0.15, 0.2) is 47.2 Å². The van der Waals surface area contributed by atoms with Crippen LogP contribution >= 0.6 is 11.3 Å². The Balaban J connectivity index is 1.93. The number of aliphatic hydroxyl groups excluding tert-OH is 1. The normalized spacial score (nSPS) is 22.4. The number of pyridine rings is 1. The van der Waals surface area contributed by atoms with Gasteiger partial charge in [-0.2, -0.15) is 0 Å². The lowest BCUT2D eigenvalue weighted by molar-refractivity contribution is 0.203. The molecule has 0 radical (unpaired) electrons. The summed E-state index contributed by atoms with van der Waals surface area (Å²) in [4.78, 5) is 23.0. The van der Waals surface area contributed by atoms with Gasteiger partial charge in [-0.25, -0.2) is 9.97 Å². The van der Waals surface area contributed by atoms with Gasteiger partial charge in [-0.15, -0.1) is 11.3 Å². The number of hydrogen-bond acceptors (Lipinski definition) is 6. The van der Waals surface area contributed by atoms with Crippen molar-refractivity contribution in [1.82, 2.24) is 14.5 Å². The van der Waals surface area contributed by atoms with Gasteiger partial charge in [-0.05, 0) is 19.9 Å². The summed E-state index contributed by atoms with van der Waals surface area (Å²) in [6.07, 6.45) is 9.55. The minimum absolute atomic E-state index is 0.0805. The molecule has 1 aliphatic carbocycles. The van der Waals surface area contributed by atoms with E-state index in [1.807, 2.05) is 13.0 Å². The number of aromatic nitrogens is 3. The van der Waals surface area contributed by atoms with Crippen molar-refractivity contribution in [2.24, 2.45) is 5.92 Å². The molecule has 0 aliphatic heterocycles. The van der Waals surface area contributed by atoms with Crippen LogP contribution in [0, 0.1) is 5.92 Å². The summed E-state index contributed by atoms with van der Waals surface area (Å²) in [5.74, 6) is 0.746. The van der Waals surface area contributed by atoms with Gasteiger partial charge in [0.25, 0.3) is 5.56 Å². The largest absolute Gasteiger partial charge is 0.490 e. The molecule has 1 aliphatic rings. The molecule has 2 unspecified atom stereocenters. The van der Waals surface area contributed by atoms with Crippen LogP contribution in [0.4, 0.5) is 0 Å². The van der Waals surface area contributed by atoms with Crippen LogP contribution in [0.2, 0.25) is 0 Å². The first kappa shape index (κ1) is 17.9. The summed E-state index contributed by atoms with van der Waals surface area (Å²) in [6.45, 7) is 6.31. The van der Waals surface area contributed by atoms with E-state index in [0.717, 1.165) is 5.39 Å². The number of aliphatic hydroxyl groups is 1. The van der Waals surface area contributed by atoms with Crippen LogP contribution in [0.25, 0.3) is 20.4 Å². The number of allylic oxidation sites excluding steroid dienone is 4. The Morgan fingerprint density at radius 2 is 2.22 bits per heavy atom. The highest BCUT2D eigenvalue weighted by Crippen LogP contribution is 2.37. The number of thiophene rings is 1. The summed E-state index contributed by atoms with van der Waals surface area (Å²) >= 11 is 1.33. The quantitative estimate of drug-likeness (QED) is 0.748. The number of rotatable bonds is 4. The molecule has 4 rings (SSSR count). The Kier molecular flexibility index (Phi) is 4.36. The maximum absolute atomic E-state index is 13.3. The first-order valence-corrected chi connectivity index (χ1v) is 9.68. The van der Waals surface area contributed by atoms with Crippen LogP contribution in [-0.2, 0) is 5.54 Å². The first-order valence-electron chi connectivity index (χ1n) is 8.86. The fourth-order valence-electron chi connectivity index (χ4n) is 3.51. The molecule has 3 aromatic rings. The summed E-state index contributed by atoms with van der Waals surface area (Å²) in [7, 11) is 0. The maximum atomic E-state index is 13.3. The highest BCUT2D eigenvalue weighted by Gasteiger charge is 2.33. The van der Waals surface area contributed by atoms with Gasteiger partial charge in [-0.3, -0.25) is 9.36 Å². The van der Waals surface area contributed by atoms with E-state index in [1.54, 1.807) is 23.2 Å². The zero-order valence-electron chi connectivity index (χ0n) is 15.5. The molecule has 2 atom stereocenters. The van der Waals surface area contributed by atoms with Gasteiger partial charge in [0, 0.05) is 12.1 Å². The lowest BCUT2D eigenvalue weighted by Crippen LogP contribution is -2.42. The third-order valence-electron chi connectivity index (χ3n) is 5.23. The predicted octanol–water partition coefficient (Wildman–Crippen LogP) is 3.24. The Labute approximate surface area is 160 Å². The van der Waals surface area contributed by atoms with Crippen molar-refractivity contribution < 1.29 is 9.84 Å². The molecule has 3 heterocycles. The molecule has 0 amide bonds. The molecular weight excluding hydrogens is 362 g/mol. The van der Waals surface area contributed by atoms with E-state index in [2.05, 4.69) is 36.0 Å². The summed E-state index contributed by atoms with van der Waals surface area (Å²) in [6, 6.07) is 1.73. The molecule has 1 N–H and O–H groups in total. The van der Waals surface area contributed by atoms with Crippen molar-refractivity contribution in [3.8, 4) is 5.75 Å². The molecule has 0 saturated heterocycles. The van der Waals surface area contributed by atoms with E-state index in [0.29, 0.717) is 20.8 Å². The minimum atomic E-state index is -0.475. The Morgan fingerprint density at radius 1 is 1.41 bits per heavy atom. The number of ether oxygens (including phenoxy) is 1. The number of fused-ring (bicyclic) bond motifs is 3. The molecule has 0 saturated carbocycles. The molecule has 6 nitrogen and oxygen atoms in total. The van der Waals surface area contributed by atoms with Crippen LogP contribution in [-0.4, -0.2) is 32.9 Å². The Hall–Kier alpha value is -2.51. The van der Waals surface area contributed by atoms with Crippen LogP contribution in [0.5, 0.6) is 5.75 Å². The third kappa shape index (κ3) is 2.78. The zero-order chi connectivity index (χ0) is 19.2. The van der Waals surface area contributed by atoms with Gasteiger partial charge >= 0.3 is 0 Å². The SMILES string of the molecule is CC1=CC(C)C(C)(n2cnc3c(sc4nccc(OCCO)c43)c2=O)C=C1. The van der Waals surface area contributed by atoms with Crippen LogP contribution < -0.4 is 10.3 Å². The van der Waals surface area contributed by atoms with Gasteiger partial charge in [0.1, 0.15) is 27.4 Å². The predicted molar refractivity (Wildman–Crippen MR) is 107 cm³/mol. The summed E-state index contributed by atoms with van der Waals surface area (Å²) in [5, 5.41) is 9.77. The van der Waals surface area contributed by atoms with Crippen molar-refractivity contribution in [3.05, 3.63) is 52.7 Å². The summed E-state index contributed by atoms with van der Waals surface area (Å²) < 4.78 is 7.89. The van der Waals surface area contributed by atoms with E-state index in [9.17, 15) is 4.79 Å². The molecule has 0 spiro atoms. The highest BCUT2D eigenvalue weighted by molar-refractivity contribution is 7.25. The average Bonchev–Trinajstić information content (AvgIpc) is 3.04. The van der Waals surface area contributed by atoms with Gasteiger partial charge in [-0.1, -0.05) is 30.7 Å². The first-order chi connectivity index (χ1) is 13.0. The van der Waals surface area contributed by atoms with Crippen LogP contribution in [0.3, 0.4) is 0 Å². The van der Waals surface area contributed by atoms with Gasteiger partial charge in [0.15, 0.2) is 0 Å². The summed E-state index contributed by atoms with van der Waals surface area (Å²) in [5.41, 5.74) is 1.24. The lowest BCUT2D eigenvalue weighted by atomic mass is 9.81. The molecule has 0 fully saturated rings. The van der Waals surface area contributed by atoms with E-state index >= 15 is 0 Å². The monoisotopic (exact) mass is 383 g/mol. The van der Waals surface area contributed by atoms with Crippen LogP contribution in [0.1, 0.15) is 20.8 Å². The second kappa shape index (κ2) is 6.58. The number of hydrogen-bond donors (Lipinski definition) is 1. The fourth-order valence-corrected chi connectivity index (χ4v) is 4.56. The second-order valence-corrected chi connectivity index (χ2v) is 8.02. The molecule has 140 valence electrons. The van der Waals surface area contributed by atoms with Crippen molar-refractivity contribution >= 4 is 31.8 Å². The lowest BCUT2D eigenvalue weighted by Gasteiger charge is -2.35. The molecule has 0 aromatic carbocycles. The van der Waals surface area contributed by atoms with Crippen molar-refractivity contribution in [2.75, 3.05) is 13.2 Å². The highest BCUT2D eigenvalue weighted by atomic mass is 32.1. The van der Waals surface area contributed by atoms with Crippen molar-refractivity contribution in [2.45, 2.75) is 26.3 Å². The minimum Gasteiger partial charge on any atom is -0.490 e. The third-order valence-corrected chi connectivity index (χ3v) is 6.31. The molecule has 7 heteroatoms. The number of nitrogens with zero attached hydrogens (tertiary/aromatic N) is 3. The Morgan fingerprint density at radius 3 is 2.96 bits per heavy atom. The molecule has 3 aromatic heterocycles. The van der Waals surface area contributed by atoms with Crippen molar-refractivity contribution in [1.29, 1.82) is 0 Å². The van der Waals surface area contributed by atoms with Gasteiger partial charge in [0.05, 0.1) is 23.9 Å². The smallest absolute Gasteiger partial charge is 0.272 e. The van der Waals surface area contributed by atoms with E-state index < -0.39 is 5.54 Å². The standard InChI is InChI=1S/C20H21N3O3S/c1-12-4-6-20(3,13(2)10-12)23-11-22-16-15-14(26-9-8-24)5-7-21-18(15)27-17(16)19(23)25/h4-7,10-11,13,24H,8-9H2,1-3H3. The van der Waals surface area contributed by atoms with E-state index in [1.165, 1.54) is 16.9 Å². The zero-order valence-corrected chi connectivity index (χ0v) is 16.3. The molecule has 0 bridgehead atoms. The van der Waals surface area contributed by atoms with E-state index in [-0.39, 0.29) is 24.7 Å². The van der Waals surface area contributed by atoms with Gasteiger partial charge in [0.2, 0.25) is 0 Å². The second-order valence-electron chi connectivity index (χ2n) is 7.02. The fraction of sp³-hybridized carbons (Fsp3) is 0.350. The van der Waals surface area contributed by atoms with Gasteiger partial charge < -0.3 is 9.84 Å². The molecule has 27 heavy (non-hydrogen) atoms. The maximum Gasteiger partial charge on any atom is 0.272 e. The van der Waals surface area contributed by atoms with Crippen molar-refractivity contribution in [3.63, 3.8) is 0 Å². The topological polar surface area (TPSA) is 77.2 Å². The van der Waals surface area contributed by atoms with E-state index in [4.69, 9.17) is 9.84 Å².